The maximum atomic E-state index is 6.17. The van der Waals surface area contributed by atoms with Gasteiger partial charge >= 0.3 is 0 Å². The molecular formula is C18H18N2O. The van der Waals surface area contributed by atoms with Crippen LogP contribution in [0.5, 0.6) is 11.5 Å². The summed E-state index contributed by atoms with van der Waals surface area (Å²) in [5.41, 5.74) is 8.12. The number of rotatable bonds is 4. The van der Waals surface area contributed by atoms with Crippen molar-refractivity contribution in [1.82, 2.24) is 4.98 Å². The summed E-state index contributed by atoms with van der Waals surface area (Å²) >= 11 is 0. The number of hydrogen-bond donors (Lipinski definition) is 1. The highest BCUT2D eigenvalue weighted by Gasteiger charge is 2.11. The van der Waals surface area contributed by atoms with Gasteiger partial charge < -0.3 is 10.5 Å². The van der Waals surface area contributed by atoms with Crippen LogP contribution in [-0.4, -0.2) is 4.98 Å². The van der Waals surface area contributed by atoms with E-state index in [0.29, 0.717) is 0 Å². The molecule has 3 nitrogen and oxygen atoms in total. The van der Waals surface area contributed by atoms with E-state index in [4.69, 9.17) is 10.5 Å². The zero-order chi connectivity index (χ0) is 14.7. The summed E-state index contributed by atoms with van der Waals surface area (Å²) in [6.07, 6.45) is 2.66. The van der Waals surface area contributed by atoms with E-state index in [0.717, 1.165) is 34.4 Å². The van der Waals surface area contributed by atoms with Crippen LogP contribution in [0.4, 0.5) is 0 Å². The van der Waals surface area contributed by atoms with Crippen LogP contribution in [0.15, 0.2) is 60.8 Å². The van der Waals surface area contributed by atoms with Gasteiger partial charge in [-0.3, -0.25) is 4.98 Å². The lowest BCUT2D eigenvalue weighted by molar-refractivity contribution is 0.474. The molecular weight excluding hydrogens is 260 g/mol. The summed E-state index contributed by atoms with van der Waals surface area (Å²) in [6, 6.07) is 17.7. The van der Waals surface area contributed by atoms with Crippen molar-refractivity contribution in [3.8, 4) is 11.5 Å². The number of fused-ring (bicyclic) bond motifs is 1. The van der Waals surface area contributed by atoms with Gasteiger partial charge in [0.2, 0.25) is 0 Å². The van der Waals surface area contributed by atoms with Crippen LogP contribution in [0.2, 0.25) is 0 Å². The number of hydrogen-bond acceptors (Lipinski definition) is 3. The van der Waals surface area contributed by atoms with Crippen molar-refractivity contribution in [1.29, 1.82) is 0 Å². The average Bonchev–Trinajstić information content (AvgIpc) is 2.55. The van der Waals surface area contributed by atoms with Gasteiger partial charge in [-0.1, -0.05) is 31.2 Å². The van der Waals surface area contributed by atoms with E-state index in [2.05, 4.69) is 11.9 Å². The molecule has 1 unspecified atom stereocenters. The molecule has 1 atom stereocenters. The smallest absolute Gasteiger partial charge is 0.136 e. The molecule has 1 aromatic heterocycles. The Bertz CT molecular complexity index is 750. The number of pyridine rings is 1. The minimum absolute atomic E-state index is 0.0192. The summed E-state index contributed by atoms with van der Waals surface area (Å²) in [7, 11) is 0. The zero-order valence-electron chi connectivity index (χ0n) is 12.0. The highest BCUT2D eigenvalue weighted by Crippen LogP contribution is 2.33. The monoisotopic (exact) mass is 278 g/mol. The fourth-order valence-electron chi connectivity index (χ4n) is 2.38. The number of nitrogens with zero attached hydrogens (tertiary/aromatic N) is 1. The van der Waals surface area contributed by atoms with Crippen molar-refractivity contribution in [2.45, 2.75) is 19.4 Å². The van der Waals surface area contributed by atoms with Crippen LogP contribution < -0.4 is 10.5 Å². The van der Waals surface area contributed by atoms with Crippen LogP contribution in [-0.2, 0) is 0 Å². The minimum Gasteiger partial charge on any atom is -0.456 e. The van der Waals surface area contributed by atoms with Gasteiger partial charge in [0.15, 0.2) is 0 Å². The Morgan fingerprint density at radius 2 is 1.81 bits per heavy atom. The Labute approximate surface area is 124 Å². The molecule has 0 aliphatic rings. The molecule has 0 bridgehead atoms. The van der Waals surface area contributed by atoms with E-state index in [9.17, 15) is 0 Å². The van der Waals surface area contributed by atoms with Crippen LogP contribution in [0.3, 0.4) is 0 Å². The van der Waals surface area contributed by atoms with E-state index in [1.54, 1.807) is 6.20 Å². The van der Waals surface area contributed by atoms with E-state index in [1.165, 1.54) is 0 Å². The molecule has 3 aromatic rings. The molecule has 2 N–H and O–H groups in total. The van der Waals surface area contributed by atoms with E-state index in [1.807, 2.05) is 54.6 Å². The first-order chi connectivity index (χ1) is 10.3. The highest BCUT2D eigenvalue weighted by atomic mass is 16.5. The molecule has 0 spiro atoms. The van der Waals surface area contributed by atoms with Crippen LogP contribution >= 0.6 is 0 Å². The van der Waals surface area contributed by atoms with Crippen molar-refractivity contribution in [2.75, 3.05) is 0 Å². The molecule has 3 rings (SSSR count). The molecule has 0 saturated heterocycles. The van der Waals surface area contributed by atoms with Gasteiger partial charge in [-0.25, -0.2) is 0 Å². The van der Waals surface area contributed by atoms with Crippen LogP contribution in [0, 0.1) is 0 Å². The first kappa shape index (κ1) is 13.6. The molecule has 0 radical (unpaired) electrons. The normalized spacial score (nSPS) is 12.3. The molecule has 0 amide bonds. The molecule has 0 saturated carbocycles. The zero-order valence-corrected chi connectivity index (χ0v) is 12.0. The molecule has 1 heterocycles. The number of aromatic nitrogens is 1. The number of para-hydroxylation sites is 1. The average molecular weight is 278 g/mol. The summed E-state index contributed by atoms with van der Waals surface area (Å²) in [5, 5.41) is 1.000. The highest BCUT2D eigenvalue weighted by molar-refractivity contribution is 5.85. The summed E-state index contributed by atoms with van der Waals surface area (Å²) < 4.78 is 6.13. The van der Waals surface area contributed by atoms with E-state index in [-0.39, 0.29) is 6.04 Å². The second-order valence-corrected chi connectivity index (χ2v) is 4.98. The van der Waals surface area contributed by atoms with Gasteiger partial charge in [-0.15, -0.1) is 0 Å². The molecule has 2 aromatic carbocycles. The molecule has 0 fully saturated rings. The Kier molecular flexibility index (Phi) is 3.84. The lowest BCUT2D eigenvalue weighted by atomic mass is 10.0. The van der Waals surface area contributed by atoms with Crippen molar-refractivity contribution in [3.05, 3.63) is 66.4 Å². The Morgan fingerprint density at radius 1 is 1.00 bits per heavy atom. The molecule has 3 heteroatoms. The van der Waals surface area contributed by atoms with Crippen LogP contribution in [0.1, 0.15) is 24.9 Å². The predicted molar refractivity (Wildman–Crippen MR) is 85.5 cm³/mol. The lowest BCUT2D eigenvalue weighted by Crippen LogP contribution is -2.09. The SMILES string of the molecule is CCC(N)c1ccccc1Oc1cccc2ncccc12. The Morgan fingerprint density at radius 3 is 2.67 bits per heavy atom. The third-order valence-corrected chi connectivity index (χ3v) is 3.58. The maximum absolute atomic E-state index is 6.17. The number of ether oxygens (including phenoxy) is 1. The molecule has 0 aliphatic heterocycles. The number of benzene rings is 2. The second-order valence-electron chi connectivity index (χ2n) is 4.98. The van der Waals surface area contributed by atoms with Crippen molar-refractivity contribution in [3.63, 3.8) is 0 Å². The first-order valence-electron chi connectivity index (χ1n) is 7.15. The summed E-state index contributed by atoms with van der Waals surface area (Å²) in [6.45, 7) is 2.07. The second kappa shape index (κ2) is 5.94. The molecule has 21 heavy (non-hydrogen) atoms. The maximum Gasteiger partial charge on any atom is 0.136 e. The van der Waals surface area contributed by atoms with Gasteiger partial charge in [0.1, 0.15) is 11.5 Å². The lowest BCUT2D eigenvalue weighted by Gasteiger charge is -2.16. The van der Waals surface area contributed by atoms with Crippen molar-refractivity contribution < 1.29 is 4.74 Å². The number of nitrogens with two attached hydrogens (primary N) is 1. The third-order valence-electron chi connectivity index (χ3n) is 3.58. The topological polar surface area (TPSA) is 48.1 Å². The van der Waals surface area contributed by atoms with Gasteiger partial charge in [0.05, 0.1) is 5.52 Å². The first-order valence-corrected chi connectivity index (χ1v) is 7.15. The fraction of sp³-hybridized carbons (Fsp3) is 0.167. The summed E-state index contributed by atoms with van der Waals surface area (Å²) in [5.74, 6) is 1.61. The van der Waals surface area contributed by atoms with Gasteiger partial charge in [-0.05, 0) is 36.8 Å². The fourth-order valence-corrected chi connectivity index (χ4v) is 2.38. The standard InChI is InChI=1S/C18H18N2O/c1-2-15(19)13-7-3-4-10-17(13)21-18-11-5-9-16-14(18)8-6-12-20-16/h3-12,15H,2,19H2,1H3. The van der Waals surface area contributed by atoms with Gasteiger partial charge in [0.25, 0.3) is 0 Å². The largest absolute Gasteiger partial charge is 0.456 e. The Hall–Kier alpha value is -2.39. The summed E-state index contributed by atoms with van der Waals surface area (Å²) in [4.78, 5) is 4.35. The quantitative estimate of drug-likeness (QED) is 0.767. The van der Waals surface area contributed by atoms with Gasteiger partial charge in [-0.2, -0.15) is 0 Å². The van der Waals surface area contributed by atoms with Gasteiger partial charge in [0, 0.05) is 23.2 Å². The van der Waals surface area contributed by atoms with Crippen molar-refractivity contribution >= 4 is 10.9 Å². The molecule has 106 valence electrons. The van der Waals surface area contributed by atoms with Crippen LogP contribution in [0.25, 0.3) is 10.9 Å². The Balaban J connectivity index is 2.03. The molecule has 0 aliphatic carbocycles. The van der Waals surface area contributed by atoms with E-state index >= 15 is 0 Å². The third kappa shape index (κ3) is 2.73. The predicted octanol–water partition coefficient (Wildman–Crippen LogP) is 4.44. The van der Waals surface area contributed by atoms with Crippen molar-refractivity contribution in [2.24, 2.45) is 5.73 Å². The minimum atomic E-state index is -0.0192. The van der Waals surface area contributed by atoms with E-state index < -0.39 is 0 Å².